The fourth-order valence-corrected chi connectivity index (χ4v) is 4.30. The van der Waals surface area contributed by atoms with E-state index in [1.54, 1.807) is 30.5 Å². The van der Waals surface area contributed by atoms with Crippen LogP contribution >= 0.6 is 11.3 Å². The second-order valence-electron chi connectivity index (χ2n) is 8.30. The lowest BCUT2D eigenvalue weighted by Crippen LogP contribution is -2.45. The third-order valence-corrected chi connectivity index (χ3v) is 6.31. The molecule has 0 saturated heterocycles. The number of rotatable bonds is 15. The lowest BCUT2D eigenvalue weighted by molar-refractivity contribution is -0.142. The fraction of sp³-hybridized carbons (Fsp3) is 0.538. The third kappa shape index (κ3) is 8.65. The van der Waals surface area contributed by atoms with Crippen LogP contribution in [0.2, 0.25) is 0 Å². The summed E-state index contributed by atoms with van der Waals surface area (Å²) in [7, 11) is 3.22. The maximum atomic E-state index is 13.4. The minimum absolute atomic E-state index is 0.0131. The van der Waals surface area contributed by atoms with Crippen molar-refractivity contribution < 1.29 is 23.8 Å². The molecule has 1 aromatic heterocycles. The van der Waals surface area contributed by atoms with Crippen molar-refractivity contribution in [3.63, 3.8) is 0 Å². The van der Waals surface area contributed by atoms with Crippen LogP contribution in [0, 0.1) is 5.92 Å². The lowest BCUT2D eigenvalue weighted by atomic mass is 10.1. The first-order valence-corrected chi connectivity index (χ1v) is 12.6. The van der Waals surface area contributed by atoms with Crippen molar-refractivity contribution >= 4 is 23.2 Å². The average molecular weight is 491 g/mol. The van der Waals surface area contributed by atoms with E-state index in [1.807, 2.05) is 61.4 Å². The van der Waals surface area contributed by atoms with Gasteiger partial charge in [0.2, 0.25) is 11.8 Å². The first kappa shape index (κ1) is 27.7. The second-order valence-corrected chi connectivity index (χ2v) is 9.33. The molecular weight excluding hydrogens is 452 g/mol. The molecule has 7 nitrogen and oxygen atoms in total. The summed E-state index contributed by atoms with van der Waals surface area (Å²) in [4.78, 5) is 30.8. The zero-order valence-electron chi connectivity index (χ0n) is 21.0. The Bertz CT molecular complexity index is 885. The number of ether oxygens (including phenoxy) is 3. The molecule has 0 bridgehead atoms. The number of amides is 2. The zero-order valence-corrected chi connectivity index (χ0v) is 21.9. The van der Waals surface area contributed by atoms with Gasteiger partial charge in [-0.3, -0.25) is 9.59 Å². The smallest absolute Gasteiger partial charge is 0.242 e. The predicted octanol–water partition coefficient (Wildman–Crippen LogP) is 4.25. The van der Waals surface area contributed by atoms with Gasteiger partial charge in [0.05, 0.1) is 27.3 Å². The molecular formula is C26H38N2O5S. The number of nitrogens with zero attached hydrogens (tertiary/aromatic N) is 2. The molecule has 1 heterocycles. The van der Waals surface area contributed by atoms with Crippen molar-refractivity contribution in [3.05, 3.63) is 46.2 Å². The Morgan fingerprint density at radius 1 is 1.03 bits per heavy atom. The van der Waals surface area contributed by atoms with E-state index in [0.29, 0.717) is 57.2 Å². The van der Waals surface area contributed by atoms with Crippen LogP contribution in [0.1, 0.15) is 37.6 Å². The lowest BCUT2D eigenvalue weighted by Gasteiger charge is -2.28. The van der Waals surface area contributed by atoms with E-state index in [-0.39, 0.29) is 24.3 Å². The van der Waals surface area contributed by atoms with Crippen LogP contribution in [-0.2, 0) is 27.3 Å². The van der Waals surface area contributed by atoms with Crippen LogP contribution in [0.15, 0.2) is 35.7 Å². The van der Waals surface area contributed by atoms with Gasteiger partial charge in [0.15, 0.2) is 11.5 Å². The van der Waals surface area contributed by atoms with Crippen molar-refractivity contribution in [2.24, 2.45) is 5.92 Å². The standard InChI is InChI=1S/C26H38N2O5S/c1-6-33-15-8-13-28(26(30)20(2)3)19-25(29)27(18-22-9-7-16-34-22)14-12-21-10-11-23(31-4)24(17-21)32-5/h7,9-11,16-17,20H,6,8,12-15,18-19H2,1-5H3. The van der Waals surface area contributed by atoms with Crippen LogP contribution in [0.5, 0.6) is 11.5 Å². The number of thiophene rings is 1. The molecule has 0 saturated carbocycles. The number of carbonyl (C=O) groups is 2. The van der Waals surface area contributed by atoms with E-state index in [1.165, 1.54) is 0 Å². The van der Waals surface area contributed by atoms with Gasteiger partial charge in [-0.05, 0) is 48.9 Å². The molecule has 0 aliphatic rings. The normalized spacial score (nSPS) is 10.9. The van der Waals surface area contributed by atoms with Crippen LogP contribution in [0.3, 0.4) is 0 Å². The molecule has 188 valence electrons. The average Bonchev–Trinajstić information content (AvgIpc) is 3.35. The maximum absolute atomic E-state index is 13.4. The van der Waals surface area contributed by atoms with Gasteiger partial charge in [-0.15, -0.1) is 11.3 Å². The molecule has 0 radical (unpaired) electrons. The SMILES string of the molecule is CCOCCCN(CC(=O)N(CCc1ccc(OC)c(OC)c1)Cc1cccs1)C(=O)C(C)C. The van der Waals surface area contributed by atoms with Crippen LogP contribution < -0.4 is 9.47 Å². The van der Waals surface area contributed by atoms with Gasteiger partial charge in [-0.25, -0.2) is 0 Å². The molecule has 8 heteroatoms. The topological polar surface area (TPSA) is 68.3 Å². The Morgan fingerprint density at radius 2 is 1.79 bits per heavy atom. The summed E-state index contributed by atoms with van der Waals surface area (Å²) in [6.45, 7) is 8.52. The number of hydrogen-bond acceptors (Lipinski definition) is 6. The second kappa shape index (κ2) is 14.6. The number of carbonyl (C=O) groups excluding carboxylic acids is 2. The van der Waals surface area contributed by atoms with Gasteiger partial charge in [-0.1, -0.05) is 26.0 Å². The summed E-state index contributed by atoms with van der Waals surface area (Å²) in [5, 5.41) is 2.01. The molecule has 2 rings (SSSR count). The highest BCUT2D eigenvalue weighted by atomic mass is 32.1. The van der Waals surface area contributed by atoms with Gasteiger partial charge >= 0.3 is 0 Å². The van der Waals surface area contributed by atoms with E-state index in [2.05, 4.69) is 0 Å². The fourth-order valence-electron chi connectivity index (χ4n) is 3.58. The molecule has 0 aliphatic heterocycles. The molecule has 0 N–H and O–H groups in total. The van der Waals surface area contributed by atoms with Crippen molar-refractivity contribution in [3.8, 4) is 11.5 Å². The molecule has 2 aromatic rings. The molecule has 2 amide bonds. The van der Waals surface area contributed by atoms with Gasteiger partial charge < -0.3 is 24.0 Å². The van der Waals surface area contributed by atoms with E-state index in [9.17, 15) is 9.59 Å². The highest BCUT2D eigenvalue weighted by molar-refractivity contribution is 7.09. The molecule has 0 atom stereocenters. The van der Waals surface area contributed by atoms with Crippen molar-refractivity contribution in [1.29, 1.82) is 0 Å². The van der Waals surface area contributed by atoms with Crippen molar-refractivity contribution in [1.82, 2.24) is 9.80 Å². The molecule has 0 fully saturated rings. The Kier molecular flexibility index (Phi) is 11.9. The van der Waals surface area contributed by atoms with E-state index in [4.69, 9.17) is 14.2 Å². The van der Waals surface area contributed by atoms with Crippen molar-refractivity contribution in [2.75, 3.05) is 47.1 Å². The maximum Gasteiger partial charge on any atom is 0.242 e. The molecule has 0 aliphatic carbocycles. The summed E-state index contributed by atoms with van der Waals surface area (Å²) in [6.07, 6.45) is 1.37. The van der Waals surface area contributed by atoms with E-state index in [0.717, 1.165) is 10.4 Å². The zero-order chi connectivity index (χ0) is 24.9. The Hall–Kier alpha value is -2.58. The summed E-state index contributed by atoms with van der Waals surface area (Å²) < 4.78 is 16.2. The number of hydrogen-bond donors (Lipinski definition) is 0. The van der Waals surface area contributed by atoms with E-state index < -0.39 is 0 Å². The van der Waals surface area contributed by atoms with Crippen LogP contribution in [-0.4, -0.2) is 68.7 Å². The van der Waals surface area contributed by atoms with Crippen LogP contribution in [0.25, 0.3) is 0 Å². The monoisotopic (exact) mass is 490 g/mol. The molecule has 34 heavy (non-hydrogen) atoms. The summed E-state index contributed by atoms with van der Waals surface area (Å²) >= 11 is 1.62. The third-order valence-electron chi connectivity index (χ3n) is 5.45. The molecule has 1 aromatic carbocycles. The largest absolute Gasteiger partial charge is 0.493 e. The summed E-state index contributed by atoms with van der Waals surface area (Å²) in [5.41, 5.74) is 1.05. The Morgan fingerprint density at radius 3 is 2.41 bits per heavy atom. The highest BCUT2D eigenvalue weighted by Gasteiger charge is 2.23. The number of benzene rings is 1. The minimum Gasteiger partial charge on any atom is -0.493 e. The van der Waals surface area contributed by atoms with Crippen molar-refractivity contribution in [2.45, 2.75) is 40.2 Å². The quantitative estimate of drug-likeness (QED) is 0.349. The summed E-state index contributed by atoms with van der Waals surface area (Å²) in [5.74, 6) is 1.10. The summed E-state index contributed by atoms with van der Waals surface area (Å²) in [6, 6.07) is 9.81. The van der Waals surface area contributed by atoms with Crippen LogP contribution in [0.4, 0.5) is 0 Å². The predicted molar refractivity (Wildman–Crippen MR) is 136 cm³/mol. The Balaban J connectivity index is 2.12. The first-order valence-electron chi connectivity index (χ1n) is 11.8. The minimum atomic E-state index is -0.169. The highest BCUT2D eigenvalue weighted by Crippen LogP contribution is 2.28. The molecule has 0 unspecified atom stereocenters. The first-order chi connectivity index (χ1) is 16.4. The Labute approximate surface area is 207 Å². The van der Waals surface area contributed by atoms with Gasteiger partial charge in [0.25, 0.3) is 0 Å². The van der Waals surface area contributed by atoms with E-state index >= 15 is 0 Å². The van der Waals surface area contributed by atoms with Gasteiger partial charge in [0, 0.05) is 37.1 Å². The molecule has 0 spiro atoms. The number of methoxy groups -OCH3 is 2. The van der Waals surface area contributed by atoms with Gasteiger partial charge in [0.1, 0.15) is 0 Å². The van der Waals surface area contributed by atoms with Gasteiger partial charge in [-0.2, -0.15) is 0 Å².